The molecule has 2 fully saturated rings. The maximum absolute atomic E-state index is 13.9. The molecule has 0 bridgehead atoms. The Hall–Kier alpha value is -2.18. The highest BCUT2D eigenvalue weighted by Gasteiger charge is 2.38. The Balaban J connectivity index is 1.34. The number of fused-ring (bicyclic) bond motifs is 1. The molecule has 33 heavy (non-hydrogen) atoms. The van der Waals surface area contributed by atoms with Crippen molar-refractivity contribution in [2.75, 3.05) is 44.7 Å². The van der Waals surface area contributed by atoms with E-state index < -0.39 is 0 Å². The third kappa shape index (κ3) is 4.47. The summed E-state index contributed by atoms with van der Waals surface area (Å²) >= 11 is 6.16. The smallest absolute Gasteiger partial charge is 0.231 e. The lowest BCUT2D eigenvalue weighted by Crippen LogP contribution is -2.53. The number of piperazine rings is 1. The minimum absolute atomic E-state index is 0.151. The lowest BCUT2D eigenvalue weighted by Gasteiger charge is -2.42. The van der Waals surface area contributed by atoms with Gasteiger partial charge in [0.05, 0.1) is 5.92 Å². The van der Waals surface area contributed by atoms with Gasteiger partial charge in [-0.25, -0.2) is 9.97 Å². The van der Waals surface area contributed by atoms with E-state index in [2.05, 4.69) is 38.6 Å². The Bertz CT molecular complexity index is 989. The average molecular weight is 468 g/mol. The van der Waals surface area contributed by atoms with E-state index >= 15 is 0 Å². The summed E-state index contributed by atoms with van der Waals surface area (Å²) in [5.41, 5.74) is 3.60. The molecule has 2 aliphatic heterocycles. The largest absolute Gasteiger partial charge is 0.353 e. The van der Waals surface area contributed by atoms with E-state index in [1.807, 2.05) is 24.3 Å². The van der Waals surface area contributed by atoms with Gasteiger partial charge in [0.1, 0.15) is 12.1 Å². The second-order valence-electron chi connectivity index (χ2n) is 9.88. The fourth-order valence-electron chi connectivity index (χ4n) is 5.93. The molecule has 0 unspecified atom stereocenters. The van der Waals surface area contributed by atoms with E-state index in [0.717, 1.165) is 63.4 Å². The number of anilines is 1. The summed E-state index contributed by atoms with van der Waals surface area (Å²) in [6.45, 7) is 6.41. The summed E-state index contributed by atoms with van der Waals surface area (Å²) in [5, 5.41) is 0.710. The molecule has 1 aromatic carbocycles. The number of carbonyl (C=O) groups excluding carboxylic acids is 1. The lowest BCUT2D eigenvalue weighted by atomic mass is 9.84. The van der Waals surface area contributed by atoms with Crippen LogP contribution >= 0.6 is 11.6 Å². The van der Waals surface area contributed by atoms with Crippen molar-refractivity contribution in [2.45, 2.75) is 56.9 Å². The zero-order valence-corrected chi connectivity index (χ0v) is 20.5. The fourth-order valence-corrected chi connectivity index (χ4v) is 6.06. The Morgan fingerprint density at radius 2 is 1.79 bits per heavy atom. The van der Waals surface area contributed by atoms with Crippen LogP contribution in [0.2, 0.25) is 5.02 Å². The number of aromatic nitrogens is 2. The van der Waals surface area contributed by atoms with Gasteiger partial charge in [0, 0.05) is 48.5 Å². The number of hydrogen-bond acceptors (Lipinski definition) is 5. The summed E-state index contributed by atoms with van der Waals surface area (Å²) in [7, 11) is 2.16. The third-order valence-corrected chi connectivity index (χ3v) is 8.10. The van der Waals surface area contributed by atoms with E-state index in [1.54, 1.807) is 6.33 Å². The van der Waals surface area contributed by atoms with Crippen LogP contribution in [0.1, 0.15) is 61.3 Å². The molecule has 7 heteroatoms. The fraction of sp³-hybridized carbons (Fsp3) is 0.577. The van der Waals surface area contributed by atoms with Crippen LogP contribution in [-0.2, 0) is 11.2 Å². The molecule has 3 atom stereocenters. The van der Waals surface area contributed by atoms with Crippen LogP contribution in [0.5, 0.6) is 0 Å². The van der Waals surface area contributed by atoms with Gasteiger partial charge in [-0.2, -0.15) is 0 Å². The number of rotatable bonds is 4. The summed E-state index contributed by atoms with van der Waals surface area (Å²) in [4.78, 5) is 29.9. The number of nitrogens with zero attached hydrogens (tertiary/aromatic N) is 5. The molecule has 2 saturated heterocycles. The molecule has 0 saturated carbocycles. The van der Waals surface area contributed by atoms with Crippen molar-refractivity contribution < 1.29 is 4.79 Å². The Kier molecular flexibility index (Phi) is 6.57. The lowest BCUT2D eigenvalue weighted by molar-refractivity contribution is -0.135. The molecule has 1 amide bonds. The molecule has 3 heterocycles. The number of carbonyl (C=O) groups is 1. The quantitative estimate of drug-likeness (QED) is 0.677. The molecular formula is C26H34ClN5O. The van der Waals surface area contributed by atoms with Gasteiger partial charge in [-0.3, -0.25) is 4.79 Å². The third-order valence-electron chi connectivity index (χ3n) is 7.85. The highest BCUT2D eigenvalue weighted by atomic mass is 35.5. The first-order valence-corrected chi connectivity index (χ1v) is 12.7. The maximum atomic E-state index is 13.9. The van der Waals surface area contributed by atoms with Crippen molar-refractivity contribution in [3.05, 3.63) is 52.4 Å². The van der Waals surface area contributed by atoms with E-state index in [9.17, 15) is 4.79 Å². The molecule has 1 aliphatic carbocycles. The van der Waals surface area contributed by atoms with Gasteiger partial charge in [-0.15, -0.1) is 0 Å². The summed E-state index contributed by atoms with van der Waals surface area (Å²) in [6, 6.07) is 8.13. The number of aryl methyl sites for hydroxylation is 1. The molecule has 0 radical (unpaired) electrons. The first-order chi connectivity index (χ1) is 16.0. The summed E-state index contributed by atoms with van der Waals surface area (Å²) in [6.07, 6.45) is 7.34. The minimum atomic E-state index is -0.151. The predicted octanol–water partition coefficient (Wildman–Crippen LogP) is 4.10. The van der Waals surface area contributed by atoms with Crippen molar-refractivity contribution in [3.63, 3.8) is 0 Å². The monoisotopic (exact) mass is 467 g/mol. The standard InChI is InChI=1S/C26H34ClN5O/c1-18-6-11-21-23(18)25(29-17-28-21)31-13-15-32(16-14-31)26(33)24(19-7-9-20(27)10-8-19)22-5-3-4-12-30(22)2/h7-10,17-18,22,24H,3-6,11-16H2,1-2H3/t18-,22+,24+/m1/s1. The van der Waals surface area contributed by atoms with Crippen molar-refractivity contribution in [2.24, 2.45) is 0 Å². The first-order valence-electron chi connectivity index (χ1n) is 12.4. The van der Waals surface area contributed by atoms with E-state index in [-0.39, 0.29) is 17.9 Å². The second kappa shape index (κ2) is 9.59. The molecule has 1 aromatic heterocycles. The number of amides is 1. The number of halogens is 1. The number of piperidine rings is 1. The van der Waals surface area contributed by atoms with Crippen molar-refractivity contribution in [1.82, 2.24) is 19.8 Å². The van der Waals surface area contributed by atoms with Gasteiger partial charge in [0.15, 0.2) is 0 Å². The Morgan fingerprint density at radius 1 is 1.03 bits per heavy atom. The van der Waals surface area contributed by atoms with E-state index in [0.29, 0.717) is 10.9 Å². The SMILES string of the molecule is C[C@@H]1CCc2ncnc(N3CCN(C(=O)[C@@H](c4ccc(Cl)cc4)[C@@H]4CCCCN4C)CC3)c21. The number of likely N-dealkylation sites (tertiary alicyclic amines) is 1. The molecule has 0 spiro atoms. The maximum Gasteiger partial charge on any atom is 0.231 e. The van der Waals surface area contributed by atoms with Crippen LogP contribution in [0, 0.1) is 0 Å². The molecule has 5 rings (SSSR count). The van der Waals surface area contributed by atoms with Crippen LogP contribution in [0.15, 0.2) is 30.6 Å². The zero-order chi connectivity index (χ0) is 22.9. The highest BCUT2D eigenvalue weighted by molar-refractivity contribution is 6.30. The normalized spacial score (nSPS) is 24.6. The van der Waals surface area contributed by atoms with Gasteiger partial charge in [-0.05, 0) is 62.9 Å². The summed E-state index contributed by atoms with van der Waals surface area (Å²) in [5.74, 6) is 1.68. The van der Waals surface area contributed by atoms with Crippen LogP contribution in [-0.4, -0.2) is 71.5 Å². The van der Waals surface area contributed by atoms with E-state index in [4.69, 9.17) is 11.6 Å². The second-order valence-corrected chi connectivity index (χ2v) is 10.3. The van der Waals surface area contributed by atoms with Gasteiger partial charge >= 0.3 is 0 Å². The number of likely N-dealkylation sites (N-methyl/N-ethyl adjacent to an activating group) is 1. The first kappa shape index (κ1) is 22.6. The predicted molar refractivity (Wildman–Crippen MR) is 132 cm³/mol. The van der Waals surface area contributed by atoms with Gasteiger partial charge in [0.2, 0.25) is 5.91 Å². The number of hydrogen-bond donors (Lipinski definition) is 0. The van der Waals surface area contributed by atoms with Crippen molar-refractivity contribution >= 4 is 23.3 Å². The Labute approximate surface area is 201 Å². The van der Waals surface area contributed by atoms with Gasteiger partial charge in [0.25, 0.3) is 0 Å². The molecule has 6 nitrogen and oxygen atoms in total. The van der Waals surface area contributed by atoms with Crippen LogP contribution < -0.4 is 4.90 Å². The molecule has 3 aliphatic rings. The minimum Gasteiger partial charge on any atom is -0.353 e. The van der Waals surface area contributed by atoms with Crippen molar-refractivity contribution in [3.8, 4) is 0 Å². The summed E-state index contributed by atoms with van der Waals surface area (Å²) < 4.78 is 0. The van der Waals surface area contributed by atoms with Crippen LogP contribution in [0.25, 0.3) is 0 Å². The van der Waals surface area contributed by atoms with E-state index in [1.165, 1.54) is 24.1 Å². The molecular weight excluding hydrogens is 434 g/mol. The van der Waals surface area contributed by atoms with Crippen molar-refractivity contribution in [1.29, 1.82) is 0 Å². The zero-order valence-electron chi connectivity index (χ0n) is 19.7. The van der Waals surface area contributed by atoms with Gasteiger partial charge in [-0.1, -0.05) is 37.1 Å². The topological polar surface area (TPSA) is 52.6 Å². The van der Waals surface area contributed by atoms with Crippen LogP contribution in [0.4, 0.5) is 5.82 Å². The Morgan fingerprint density at radius 3 is 2.52 bits per heavy atom. The average Bonchev–Trinajstić information content (AvgIpc) is 3.23. The van der Waals surface area contributed by atoms with Gasteiger partial charge < -0.3 is 14.7 Å². The molecule has 176 valence electrons. The highest BCUT2D eigenvalue weighted by Crippen LogP contribution is 2.38. The number of benzene rings is 1. The molecule has 0 N–H and O–H groups in total. The molecule has 2 aromatic rings. The van der Waals surface area contributed by atoms with Crippen LogP contribution in [0.3, 0.4) is 0 Å².